The Kier molecular flexibility index (Phi) is 4.38. The van der Waals surface area contributed by atoms with E-state index in [0.717, 1.165) is 5.56 Å². The summed E-state index contributed by atoms with van der Waals surface area (Å²) in [6, 6.07) is 3.42. The molecule has 15 heavy (non-hydrogen) atoms. The average molecular weight is 276 g/mol. The second kappa shape index (κ2) is 5.34. The van der Waals surface area contributed by atoms with Gasteiger partial charge < -0.3 is 20.7 Å². The largest absolute Gasteiger partial charge is 0.503 e. The van der Waals surface area contributed by atoms with Crippen molar-refractivity contribution in [2.24, 2.45) is 5.73 Å². The van der Waals surface area contributed by atoms with E-state index < -0.39 is 0 Å². The zero-order chi connectivity index (χ0) is 11.4. The Morgan fingerprint density at radius 3 is 2.67 bits per heavy atom. The summed E-state index contributed by atoms with van der Waals surface area (Å²) in [4.78, 5) is 0. The van der Waals surface area contributed by atoms with Gasteiger partial charge in [0.25, 0.3) is 0 Å². The SMILES string of the molecule is COc1ccc(C(CN)CO)c(Br)c1O. The summed E-state index contributed by atoms with van der Waals surface area (Å²) in [5, 5.41) is 18.8. The van der Waals surface area contributed by atoms with Crippen LogP contribution in [0.5, 0.6) is 11.5 Å². The van der Waals surface area contributed by atoms with E-state index in [1.807, 2.05) is 0 Å². The third kappa shape index (κ3) is 2.42. The first-order valence-corrected chi connectivity index (χ1v) is 5.31. The minimum absolute atomic E-state index is 0.0295. The number of hydrogen-bond donors (Lipinski definition) is 3. The first-order valence-electron chi connectivity index (χ1n) is 4.52. The normalized spacial score (nSPS) is 12.5. The van der Waals surface area contributed by atoms with E-state index in [1.54, 1.807) is 12.1 Å². The van der Waals surface area contributed by atoms with Crippen LogP contribution in [0.15, 0.2) is 16.6 Å². The van der Waals surface area contributed by atoms with Crippen molar-refractivity contribution in [1.29, 1.82) is 0 Å². The van der Waals surface area contributed by atoms with E-state index in [1.165, 1.54) is 7.11 Å². The molecule has 0 spiro atoms. The molecule has 0 aliphatic heterocycles. The average Bonchev–Trinajstić information content (AvgIpc) is 2.26. The molecule has 1 rings (SSSR count). The Morgan fingerprint density at radius 2 is 2.20 bits per heavy atom. The van der Waals surface area contributed by atoms with Crippen LogP contribution in [0, 0.1) is 0 Å². The molecular weight excluding hydrogens is 262 g/mol. The van der Waals surface area contributed by atoms with Crippen molar-refractivity contribution in [3.05, 3.63) is 22.2 Å². The van der Waals surface area contributed by atoms with Crippen LogP contribution < -0.4 is 10.5 Å². The van der Waals surface area contributed by atoms with E-state index >= 15 is 0 Å². The number of benzene rings is 1. The minimum atomic E-state index is -0.184. The van der Waals surface area contributed by atoms with Crippen molar-refractivity contribution in [3.8, 4) is 11.5 Å². The zero-order valence-electron chi connectivity index (χ0n) is 8.40. The molecule has 0 saturated carbocycles. The molecule has 1 aromatic rings. The lowest BCUT2D eigenvalue weighted by Gasteiger charge is -2.16. The van der Waals surface area contributed by atoms with Crippen molar-refractivity contribution in [1.82, 2.24) is 0 Å². The number of hydrogen-bond acceptors (Lipinski definition) is 4. The molecule has 1 unspecified atom stereocenters. The lowest BCUT2D eigenvalue weighted by molar-refractivity contribution is 0.267. The lowest BCUT2D eigenvalue weighted by Crippen LogP contribution is -2.16. The summed E-state index contributed by atoms with van der Waals surface area (Å²) in [5.41, 5.74) is 6.29. The number of ether oxygens (including phenoxy) is 1. The van der Waals surface area contributed by atoms with Crippen LogP contribution in [0.2, 0.25) is 0 Å². The standard InChI is InChI=1S/C10H14BrNO3/c1-15-8-3-2-7(6(4-12)5-13)9(11)10(8)14/h2-3,6,13-14H,4-5,12H2,1H3. The molecule has 4 nitrogen and oxygen atoms in total. The number of aliphatic hydroxyl groups excluding tert-OH is 1. The quantitative estimate of drug-likeness (QED) is 0.772. The van der Waals surface area contributed by atoms with Crippen molar-refractivity contribution in [2.45, 2.75) is 5.92 Å². The second-order valence-electron chi connectivity index (χ2n) is 3.13. The van der Waals surface area contributed by atoms with Crippen LogP contribution >= 0.6 is 15.9 Å². The van der Waals surface area contributed by atoms with Gasteiger partial charge in [0.2, 0.25) is 0 Å². The zero-order valence-corrected chi connectivity index (χ0v) is 9.99. The minimum Gasteiger partial charge on any atom is -0.503 e. The maximum absolute atomic E-state index is 9.72. The van der Waals surface area contributed by atoms with Crippen LogP contribution in [-0.4, -0.2) is 30.5 Å². The Balaban J connectivity index is 3.16. The molecule has 0 fully saturated rings. The van der Waals surface area contributed by atoms with Crippen LogP contribution in [0.3, 0.4) is 0 Å². The lowest BCUT2D eigenvalue weighted by atomic mass is 10.00. The smallest absolute Gasteiger partial charge is 0.172 e. The summed E-state index contributed by atoms with van der Waals surface area (Å²) in [6.45, 7) is 0.266. The number of nitrogens with two attached hydrogens (primary N) is 1. The molecule has 0 aliphatic rings. The van der Waals surface area contributed by atoms with Gasteiger partial charge in [0.1, 0.15) is 0 Å². The van der Waals surface area contributed by atoms with E-state index in [9.17, 15) is 5.11 Å². The molecule has 4 N–H and O–H groups in total. The third-order valence-corrected chi connectivity index (χ3v) is 3.11. The highest BCUT2D eigenvalue weighted by molar-refractivity contribution is 9.10. The molecule has 0 heterocycles. The molecule has 0 amide bonds. The number of aromatic hydroxyl groups is 1. The third-order valence-electron chi connectivity index (χ3n) is 2.27. The van der Waals surface area contributed by atoms with Gasteiger partial charge in [0.05, 0.1) is 18.2 Å². The fraction of sp³-hybridized carbons (Fsp3) is 0.400. The van der Waals surface area contributed by atoms with Gasteiger partial charge in [-0.15, -0.1) is 0 Å². The molecule has 84 valence electrons. The van der Waals surface area contributed by atoms with Crippen molar-refractivity contribution < 1.29 is 14.9 Å². The fourth-order valence-corrected chi connectivity index (χ4v) is 1.99. The molecule has 0 aliphatic carbocycles. The second-order valence-corrected chi connectivity index (χ2v) is 3.93. The van der Waals surface area contributed by atoms with Gasteiger partial charge in [-0.05, 0) is 27.6 Å². The summed E-state index contributed by atoms with van der Waals surface area (Å²) >= 11 is 3.26. The summed E-state index contributed by atoms with van der Waals surface area (Å²) in [7, 11) is 1.48. The highest BCUT2D eigenvalue weighted by atomic mass is 79.9. The predicted molar refractivity (Wildman–Crippen MR) is 61.2 cm³/mol. The summed E-state index contributed by atoms with van der Waals surface area (Å²) < 4.78 is 5.47. The number of methoxy groups -OCH3 is 1. The number of rotatable bonds is 4. The number of phenols is 1. The number of halogens is 1. The predicted octanol–water partition coefficient (Wildman–Crippen LogP) is 1.20. The van der Waals surface area contributed by atoms with Gasteiger partial charge in [0, 0.05) is 12.5 Å². The number of phenolic OH excluding ortho intramolecular Hbond substituents is 1. The van der Waals surface area contributed by atoms with Gasteiger partial charge in [0.15, 0.2) is 11.5 Å². The molecular formula is C10H14BrNO3. The van der Waals surface area contributed by atoms with Gasteiger partial charge in [-0.1, -0.05) is 6.07 Å². The van der Waals surface area contributed by atoms with Crippen LogP contribution in [0.25, 0.3) is 0 Å². The Morgan fingerprint density at radius 1 is 1.53 bits per heavy atom. The maximum Gasteiger partial charge on any atom is 0.172 e. The van der Waals surface area contributed by atoms with Gasteiger partial charge in [-0.2, -0.15) is 0 Å². The summed E-state index contributed by atoms with van der Waals surface area (Å²) in [5.74, 6) is 0.234. The molecule has 1 atom stereocenters. The monoisotopic (exact) mass is 275 g/mol. The fourth-order valence-electron chi connectivity index (χ4n) is 1.34. The van der Waals surface area contributed by atoms with Gasteiger partial charge in [-0.3, -0.25) is 0 Å². The topological polar surface area (TPSA) is 75.7 Å². The Hall–Kier alpha value is -0.780. The number of aliphatic hydroxyl groups is 1. The first-order chi connectivity index (χ1) is 7.15. The van der Waals surface area contributed by atoms with Gasteiger partial charge in [-0.25, -0.2) is 0 Å². The van der Waals surface area contributed by atoms with E-state index in [4.69, 9.17) is 15.6 Å². The van der Waals surface area contributed by atoms with Crippen molar-refractivity contribution >= 4 is 15.9 Å². The van der Waals surface area contributed by atoms with Crippen LogP contribution in [0.1, 0.15) is 11.5 Å². The van der Waals surface area contributed by atoms with Crippen LogP contribution in [-0.2, 0) is 0 Å². The molecule has 0 bridgehead atoms. The van der Waals surface area contributed by atoms with E-state index in [2.05, 4.69) is 15.9 Å². The first kappa shape index (κ1) is 12.3. The highest BCUT2D eigenvalue weighted by Crippen LogP contribution is 2.39. The molecule has 0 aromatic heterocycles. The van der Waals surface area contributed by atoms with E-state index in [-0.39, 0.29) is 18.3 Å². The van der Waals surface area contributed by atoms with Gasteiger partial charge >= 0.3 is 0 Å². The molecule has 0 saturated heterocycles. The molecule has 5 heteroatoms. The summed E-state index contributed by atoms with van der Waals surface area (Å²) in [6.07, 6.45) is 0. The van der Waals surface area contributed by atoms with E-state index in [0.29, 0.717) is 16.8 Å². The van der Waals surface area contributed by atoms with Crippen molar-refractivity contribution in [3.63, 3.8) is 0 Å². The maximum atomic E-state index is 9.72. The Bertz CT molecular complexity index is 340. The highest BCUT2D eigenvalue weighted by Gasteiger charge is 2.17. The molecule has 1 aromatic carbocycles. The molecule has 0 radical (unpaired) electrons. The van der Waals surface area contributed by atoms with Crippen LogP contribution in [0.4, 0.5) is 0 Å². The Labute approximate surface area is 96.8 Å². The van der Waals surface area contributed by atoms with Crippen molar-refractivity contribution in [2.75, 3.05) is 20.3 Å².